The lowest BCUT2D eigenvalue weighted by atomic mass is 9.47. The zero-order valence-electron chi connectivity index (χ0n) is 15.3. The number of hydrogen-bond acceptors (Lipinski definition) is 3. The predicted octanol–water partition coefficient (Wildman–Crippen LogP) is 4.37. The molecule has 3 unspecified atom stereocenters. The van der Waals surface area contributed by atoms with Crippen molar-refractivity contribution in [2.45, 2.75) is 70.8 Å². The molecule has 25 heavy (non-hydrogen) atoms. The van der Waals surface area contributed by atoms with Crippen LogP contribution in [0.2, 0.25) is 0 Å². The highest BCUT2D eigenvalue weighted by Crippen LogP contribution is 2.69. The summed E-state index contributed by atoms with van der Waals surface area (Å²) in [7, 11) is 0. The number of allylic oxidation sites excluding steroid dienone is 4. The Balaban J connectivity index is 1.50. The minimum atomic E-state index is -0.185. The Labute approximate surface area is 149 Å². The Hall–Kier alpha value is -1.38. The van der Waals surface area contributed by atoms with E-state index in [0.29, 0.717) is 24.2 Å². The van der Waals surface area contributed by atoms with E-state index in [1.54, 1.807) is 6.08 Å². The van der Waals surface area contributed by atoms with Crippen LogP contribution in [0.15, 0.2) is 23.8 Å². The van der Waals surface area contributed by atoms with Gasteiger partial charge in [-0.05, 0) is 74.9 Å². The second-order valence-corrected chi connectivity index (χ2v) is 9.57. The molecule has 3 saturated carbocycles. The van der Waals surface area contributed by atoms with Crippen LogP contribution in [-0.4, -0.2) is 17.4 Å². The maximum absolute atomic E-state index is 11.9. The summed E-state index contributed by atoms with van der Waals surface area (Å²) in [5.41, 5.74) is 1.37. The lowest BCUT2D eigenvalue weighted by molar-refractivity contribution is -0.167. The van der Waals surface area contributed by atoms with E-state index in [-0.39, 0.29) is 28.2 Å². The second-order valence-electron chi connectivity index (χ2n) is 9.57. The molecule has 3 nitrogen and oxygen atoms in total. The molecule has 0 aromatic rings. The number of ether oxygens (including phenoxy) is 1. The van der Waals surface area contributed by atoms with Gasteiger partial charge in [0.15, 0.2) is 5.78 Å². The number of ketones is 1. The molecule has 1 saturated heterocycles. The van der Waals surface area contributed by atoms with Crippen LogP contribution in [0.3, 0.4) is 0 Å². The van der Waals surface area contributed by atoms with Gasteiger partial charge >= 0.3 is 5.97 Å². The lowest BCUT2D eigenvalue weighted by Crippen LogP contribution is -2.54. The molecule has 1 aliphatic heterocycles. The van der Waals surface area contributed by atoms with Crippen molar-refractivity contribution < 1.29 is 14.3 Å². The van der Waals surface area contributed by atoms with Crippen LogP contribution in [0.4, 0.5) is 0 Å². The summed E-state index contributed by atoms with van der Waals surface area (Å²) in [5.74, 6) is 2.14. The van der Waals surface area contributed by atoms with E-state index in [2.05, 4.69) is 19.9 Å². The predicted molar refractivity (Wildman–Crippen MR) is 94.7 cm³/mol. The smallest absolute Gasteiger partial charge is 0.306 e. The van der Waals surface area contributed by atoms with Crippen molar-refractivity contribution in [2.24, 2.45) is 28.6 Å². The summed E-state index contributed by atoms with van der Waals surface area (Å²) >= 11 is 0. The van der Waals surface area contributed by atoms with Crippen molar-refractivity contribution in [3.63, 3.8) is 0 Å². The van der Waals surface area contributed by atoms with Crippen molar-refractivity contribution >= 4 is 11.8 Å². The monoisotopic (exact) mass is 340 g/mol. The first-order valence-corrected chi connectivity index (χ1v) is 10.0. The molecule has 0 bridgehead atoms. The lowest BCUT2D eigenvalue weighted by Gasteiger charge is -2.58. The number of carbonyl (C=O) groups is 2. The van der Waals surface area contributed by atoms with Crippen LogP contribution in [-0.2, 0) is 14.3 Å². The van der Waals surface area contributed by atoms with Crippen molar-refractivity contribution in [3.8, 4) is 0 Å². The summed E-state index contributed by atoms with van der Waals surface area (Å²) in [4.78, 5) is 23.7. The fourth-order valence-electron chi connectivity index (χ4n) is 7.49. The summed E-state index contributed by atoms with van der Waals surface area (Å²) in [6, 6.07) is 0. The molecule has 5 aliphatic rings. The quantitative estimate of drug-likeness (QED) is 0.615. The average Bonchev–Trinajstić information content (AvgIpc) is 3.10. The standard InChI is InChI=1S/C22H28O3/c1-20-9-5-15(23)13-14(20)3-4-16-17(20)6-10-21(2)18(16)7-11-22(21)12-8-19(24)25-22/h5,9,13,16-18H,3-4,6-8,10-12H2,1-2H3/t16?,17?,18?,20-,21-,22+/m0/s1. The van der Waals surface area contributed by atoms with Gasteiger partial charge in [-0.25, -0.2) is 0 Å². The van der Waals surface area contributed by atoms with Crippen LogP contribution in [0, 0.1) is 28.6 Å². The molecule has 1 heterocycles. The first-order valence-electron chi connectivity index (χ1n) is 10.0. The fourth-order valence-corrected chi connectivity index (χ4v) is 7.49. The van der Waals surface area contributed by atoms with E-state index in [1.807, 2.05) is 6.08 Å². The van der Waals surface area contributed by atoms with Gasteiger partial charge in [0.25, 0.3) is 0 Å². The highest BCUT2D eigenvalue weighted by Gasteiger charge is 2.66. The SMILES string of the molecule is C[C@]12C=CC(=O)C=C1CCC1C2CC[C@@]2(C)C1CC[C@@]21CCC(=O)O1. The van der Waals surface area contributed by atoms with Crippen LogP contribution < -0.4 is 0 Å². The van der Waals surface area contributed by atoms with E-state index in [1.165, 1.54) is 24.8 Å². The molecule has 0 aromatic carbocycles. The van der Waals surface area contributed by atoms with Gasteiger partial charge in [0, 0.05) is 17.3 Å². The summed E-state index contributed by atoms with van der Waals surface area (Å²) in [6.45, 7) is 4.76. The number of carbonyl (C=O) groups excluding carboxylic acids is 2. The Bertz CT molecular complexity index is 719. The molecule has 1 spiro atoms. The molecule has 4 aliphatic carbocycles. The van der Waals surface area contributed by atoms with Gasteiger partial charge in [0.1, 0.15) is 5.60 Å². The fraction of sp³-hybridized carbons (Fsp3) is 0.727. The maximum Gasteiger partial charge on any atom is 0.306 e. The summed E-state index contributed by atoms with van der Waals surface area (Å²) in [5, 5.41) is 0. The average molecular weight is 340 g/mol. The van der Waals surface area contributed by atoms with Gasteiger partial charge < -0.3 is 4.74 Å². The highest BCUT2D eigenvalue weighted by molar-refractivity contribution is 6.01. The Kier molecular flexibility index (Phi) is 3.08. The molecule has 134 valence electrons. The molecule has 4 fully saturated rings. The number of fused-ring (bicyclic) bond motifs is 6. The largest absolute Gasteiger partial charge is 0.458 e. The third-order valence-electron chi connectivity index (χ3n) is 8.89. The van der Waals surface area contributed by atoms with Gasteiger partial charge in [0.05, 0.1) is 0 Å². The molecule has 3 heteroatoms. The third-order valence-corrected chi connectivity index (χ3v) is 8.89. The van der Waals surface area contributed by atoms with Crippen molar-refractivity contribution in [2.75, 3.05) is 0 Å². The maximum atomic E-state index is 11.9. The topological polar surface area (TPSA) is 43.4 Å². The first kappa shape index (κ1) is 15.8. The molecule has 0 N–H and O–H groups in total. The van der Waals surface area contributed by atoms with E-state index < -0.39 is 0 Å². The minimum absolute atomic E-state index is 0.0125. The van der Waals surface area contributed by atoms with Crippen LogP contribution in [0.5, 0.6) is 0 Å². The molecular formula is C22H28O3. The van der Waals surface area contributed by atoms with E-state index in [0.717, 1.165) is 25.7 Å². The van der Waals surface area contributed by atoms with Crippen LogP contribution >= 0.6 is 0 Å². The van der Waals surface area contributed by atoms with Crippen molar-refractivity contribution in [3.05, 3.63) is 23.8 Å². The Morgan fingerprint density at radius 1 is 1.00 bits per heavy atom. The van der Waals surface area contributed by atoms with Gasteiger partial charge in [-0.2, -0.15) is 0 Å². The van der Waals surface area contributed by atoms with Crippen LogP contribution in [0.25, 0.3) is 0 Å². The third kappa shape index (κ3) is 1.88. The summed E-state index contributed by atoms with van der Waals surface area (Å²) in [6.07, 6.45) is 14.2. The molecular weight excluding hydrogens is 312 g/mol. The van der Waals surface area contributed by atoms with Gasteiger partial charge in [-0.3, -0.25) is 9.59 Å². The second kappa shape index (κ2) is 4.86. The Morgan fingerprint density at radius 2 is 1.80 bits per heavy atom. The molecule has 0 radical (unpaired) electrons. The van der Waals surface area contributed by atoms with Gasteiger partial charge in [-0.15, -0.1) is 0 Å². The van der Waals surface area contributed by atoms with Gasteiger partial charge in [0.2, 0.25) is 0 Å². The normalized spacial score (nSPS) is 51.0. The molecule has 5 rings (SSSR count). The molecule has 0 aromatic heterocycles. The molecule has 0 amide bonds. The zero-order chi connectivity index (χ0) is 17.4. The highest BCUT2D eigenvalue weighted by atomic mass is 16.6. The van der Waals surface area contributed by atoms with E-state index >= 15 is 0 Å². The molecule has 6 atom stereocenters. The Morgan fingerprint density at radius 3 is 2.56 bits per heavy atom. The first-order chi connectivity index (χ1) is 11.9. The number of rotatable bonds is 0. The number of esters is 1. The number of hydrogen-bond donors (Lipinski definition) is 0. The van der Waals surface area contributed by atoms with Gasteiger partial charge in [-0.1, -0.05) is 25.5 Å². The van der Waals surface area contributed by atoms with E-state index in [9.17, 15) is 9.59 Å². The summed E-state index contributed by atoms with van der Waals surface area (Å²) < 4.78 is 6.00. The van der Waals surface area contributed by atoms with Crippen LogP contribution in [0.1, 0.15) is 65.2 Å². The zero-order valence-corrected chi connectivity index (χ0v) is 15.3. The van der Waals surface area contributed by atoms with E-state index in [4.69, 9.17) is 4.74 Å². The minimum Gasteiger partial charge on any atom is -0.458 e. The van der Waals surface area contributed by atoms with Crippen molar-refractivity contribution in [1.82, 2.24) is 0 Å². The van der Waals surface area contributed by atoms with Crippen molar-refractivity contribution in [1.29, 1.82) is 0 Å².